The molecule has 16 heavy (non-hydrogen) atoms. The van der Waals surface area contributed by atoms with Crippen molar-refractivity contribution < 1.29 is 19.6 Å². The molecule has 92 valence electrons. The van der Waals surface area contributed by atoms with E-state index in [1.54, 1.807) is 0 Å². The van der Waals surface area contributed by atoms with E-state index in [0.717, 1.165) is 0 Å². The zero-order chi connectivity index (χ0) is 12.4. The average Bonchev–Trinajstić information content (AvgIpc) is 2.25. The van der Waals surface area contributed by atoms with Gasteiger partial charge in [0.25, 0.3) is 0 Å². The van der Waals surface area contributed by atoms with Crippen molar-refractivity contribution in [1.82, 2.24) is 10.4 Å². The van der Waals surface area contributed by atoms with E-state index in [4.69, 9.17) is 5.21 Å². The molecule has 6 nitrogen and oxygen atoms in total. The number of hydrogen-bond acceptors (Lipinski definition) is 4. The fraction of sp³-hybridized carbons (Fsp3) is 0.700. The molecule has 0 bridgehead atoms. The molecule has 0 radical (unpaired) electrons. The van der Waals surface area contributed by atoms with Crippen LogP contribution < -0.4 is 5.32 Å². The van der Waals surface area contributed by atoms with E-state index in [2.05, 4.69) is 5.32 Å². The van der Waals surface area contributed by atoms with Crippen molar-refractivity contribution in [2.45, 2.75) is 32.6 Å². The van der Waals surface area contributed by atoms with Crippen molar-refractivity contribution in [3.63, 3.8) is 0 Å². The van der Waals surface area contributed by atoms with Gasteiger partial charge in [0.2, 0.25) is 11.8 Å². The summed E-state index contributed by atoms with van der Waals surface area (Å²) in [6, 6.07) is 0. The van der Waals surface area contributed by atoms with Crippen molar-refractivity contribution in [3.05, 3.63) is 0 Å². The Morgan fingerprint density at radius 3 is 2.62 bits per heavy atom. The van der Waals surface area contributed by atoms with E-state index < -0.39 is 5.91 Å². The summed E-state index contributed by atoms with van der Waals surface area (Å²) >= 11 is 0. The number of unbranched alkanes of at least 4 members (excludes halogenated alkanes) is 1. The van der Waals surface area contributed by atoms with Gasteiger partial charge in [0.05, 0.1) is 0 Å². The third-order valence-corrected chi connectivity index (χ3v) is 1.97. The molecule has 0 saturated heterocycles. The molecule has 2 N–H and O–H groups in total. The lowest BCUT2D eigenvalue weighted by atomic mass is 10.3. The zero-order valence-corrected chi connectivity index (χ0v) is 9.44. The molecular formula is C10H18N2O4. The van der Waals surface area contributed by atoms with Crippen molar-refractivity contribution in [2.75, 3.05) is 13.1 Å². The Morgan fingerprint density at radius 1 is 1.38 bits per heavy atom. The van der Waals surface area contributed by atoms with Gasteiger partial charge in [0.1, 0.15) is 6.29 Å². The Kier molecular flexibility index (Phi) is 8.05. The first-order valence-corrected chi connectivity index (χ1v) is 5.25. The third kappa shape index (κ3) is 7.93. The highest BCUT2D eigenvalue weighted by molar-refractivity contribution is 5.77. The van der Waals surface area contributed by atoms with Crippen LogP contribution in [0.15, 0.2) is 0 Å². The maximum atomic E-state index is 11.0. The molecule has 0 saturated carbocycles. The molecule has 0 unspecified atom stereocenters. The van der Waals surface area contributed by atoms with E-state index >= 15 is 0 Å². The van der Waals surface area contributed by atoms with Gasteiger partial charge in [-0.1, -0.05) is 0 Å². The van der Waals surface area contributed by atoms with Gasteiger partial charge < -0.3 is 10.1 Å². The summed E-state index contributed by atoms with van der Waals surface area (Å²) in [7, 11) is 0. The molecule has 0 aliphatic rings. The molecule has 0 spiro atoms. The number of amides is 2. The molecule has 0 aromatic carbocycles. The fourth-order valence-corrected chi connectivity index (χ4v) is 1.05. The van der Waals surface area contributed by atoms with Gasteiger partial charge >= 0.3 is 0 Å². The molecule has 0 atom stereocenters. The Balaban J connectivity index is 3.36. The van der Waals surface area contributed by atoms with Crippen LogP contribution >= 0.6 is 0 Å². The highest BCUT2D eigenvalue weighted by Crippen LogP contribution is 1.92. The van der Waals surface area contributed by atoms with Gasteiger partial charge in [0, 0.05) is 32.9 Å². The van der Waals surface area contributed by atoms with Crippen molar-refractivity contribution in [1.29, 1.82) is 0 Å². The van der Waals surface area contributed by atoms with Gasteiger partial charge in [-0.15, -0.1) is 0 Å². The molecule has 0 aromatic heterocycles. The van der Waals surface area contributed by atoms with Crippen LogP contribution in [0.25, 0.3) is 0 Å². The zero-order valence-electron chi connectivity index (χ0n) is 9.44. The number of carbonyl (C=O) groups excluding carboxylic acids is 3. The number of aldehydes is 1. The normalized spacial score (nSPS) is 9.62. The predicted octanol–water partition coefficient (Wildman–Crippen LogP) is 0.0996. The minimum absolute atomic E-state index is 0.153. The Labute approximate surface area is 94.6 Å². The SMILES string of the molecule is CC(=O)N(O)CCCCNC(=O)CCC=O. The summed E-state index contributed by atoms with van der Waals surface area (Å²) in [5.41, 5.74) is 0. The first-order chi connectivity index (χ1) is 7.57. The number of hydroxylamine groups is 2. The lowest BCUT2D eigenvalue weighted by Gasteiger charge is -2.11. The third-order valence-electron chi connectivity index (χ3n) is 1.97. The number of rotatable bonds is 8. The summed E-state index contributed by atoms with van der Waals surface area (Å²) in [5.74, 6) is -0.547. The second kappa shape index (κ2) is 8.84. The second-order valence-electron chi connectivity index (χ2n) is 3.40. The van der Waals surface area contributed by atoms with Gasteiger partial charge in [-0.2, -0.15) is 0 Å². The van der Waals surface area contributed by atoms with Gasteiger partial charge in [0.15, 0.2) is 0 Å². The van der Waals surface area contributed by atoms with Crippen LogP contribution in [0.4, 0.5) is 0 Å². The molecule has 0 aliphatic heterocycles. The van der Waals surface area contributed by atoms with E-state index in [0.29, 0.717) is 30.7 Å². The van der Waals surface area contributed by atoms with Crippen LogP contribution in [0.5, 0.6) is 0 Å². The number of carbonyl (C=O) groups is 3. The lowest BCUT2D eigenvalue weighted by molar-refractivity contribution is -0.162. The van der Waals surface area contributed by atoms with E-state index in [1.165, 1.54) is 6.92 Å². The largest absolute Gasteiger partial charge is 0.356 e. The minimum atomic E-state index is -0.394. The average molecular weight is 230 g/mol. The van der Waals surface area contributed by atoms with Crippen LogP contribution in [0.1, 0.15) is 32.6 Å². The lowest BCUT2D eigenvalue weighted by Crippen LogP contribution is -2.27. The number of nitrogens with zero attached hydrogens (tertiary/aromatic N) is 1. The Hall–Kier alpha value is -1.43. The smallest absolute Gasteiger partial charge is 0.242 e. The van der Waals surface area contributed by atoms with Crippen molar-refractivity contribution in [3.8, 4) is 0 Å². The predicted molar refractivity (Wildman–Crippen MR) is 56.7 cm³/mol. The highest BCUT2D eigenvalue weighted by Gasteiger charge is 2.03. The highest BCUT2D eigenvalue weighted by atomic mass is 16.5. The van der Waals surface area contributed by atoms with Crippen LogP contribution in [0.3, 0.4) is 0 Å². The van der Waals surface area contributed by atoms with Crippen LogP contribution in [-0.4, -0.2) is 41.5 Å². The van der Waals surface area contributed by atoms with Crippen LogP contribution in [0, 0.1) is 0 Å². The summed E-state index contributed by atoms with van der Waals surface area (Å²) in [6.45, 7) is 2.03. The van der Waals surface area contributed by atoms with Crippen molar-refractivity contribution in [2.24, 2.45) is 0 Å². The summed E-state index contributed by atoms with van der Waals surface area (Å²) in [4.78, 5) is 31.6. The second-order valence-corrected chi connectivity index (χ2v) is 3.40. The summed E-state index contributed by atoms with van der Waals surface area (Å²) in [6.07, 6.45) is 2.45. The number of hydrogen-bond donors (Lipinski definition) is 2. The molecular weight excluding hydrogens is 212 g/mol. The van der Waals surface area contributed by atoms with Gasteiger partial charge in [-0.05, 0) is 12.8 Å². The quantitative estimate of drug-likeness (QED) is 0.268. The topological polar surface area (TPSA) is 86.7 Å². The van der Waals surface area contributed by atoms with Crippen LogP contribution in [0.2, 0.25) is 0 Å². The van der Waals surface area contributed by atoms with Crippen LogP contribution in [-0.2, 0) is 14.4 Å². The van der Waals surface area contributed by atoms with E-state index in [-0.39, 0.29) is 25.3 Å². The molecule has 0 fully saturated rings. The summed E-state index contributed by atoms with van der Waals surface area (Å²) in [5, 5.41) is 12.3. The molecule has 0 aromatic rings. The minimum Gasteiger partial charge on any atom is -0.356 e. The summed E-state index contributed by atoms with van der Waals surface area (Å²) < 4.78 is 0. The maximum absolute atomic E-state index is 11.0. The van der Waals surface area contributed by atoms with Gasteiger partial charge in [-0.3, -0.25) is 14.8 Å². The van der Waals surface area contributed by atoms with Crippen molar-refractivity contribution >= 4 is 18.1 Å². The van der Waals surface area contributed by atoms with Gasteiger partial charge in [-0.25, -0.2) is 5.06 Å². The molecule has 0 rings (SSSR count). The first kappa shape index (κ1) is 14.6. The molecule has 2 amide bonds. The first-order valence-electron chi connectivity index (χ1n) is 5.25. The Morgan fingerprint density at radius 2 is 2.06 bits per heavy atom. The number of nitrogens with one attached hydrogen (secondary N) is 1. The Bertz CT molecular complexity index is 243. The van der Waals surface area contributed by atoms with E-state index in [1.807, 2.05) is 0 Å². The fourth-order valence-electron chi connectivity index (χ4n) is 1.05. The monoisotopic (exact) mass is 230 g/mol. The van der Waals surface area contributed by atoms with E-state index in [9.17, 15) is 14.4 Å². The standard InChI is InChI=1S/C10H18N2O4/c1-9(14)12(16)7-3-2-6-11-10(15)5-4-8-13/h8,16H,2-7H2,1H3,(H,11,15). The molecule has 0 heterocycles. The molecule has 6 heteroatoms. The maximum Gasteiger partial charge on any atom is 0.242 e. The molecule has 0 aliphatic carbocycles.